The van der Waals surface area contributed by atoms with Gasteiger partial charge in [-0.2, -0.15) is 0 Å². The molecule has 0 spiro atoms. The Bertz CT molecular complexity index is 1050. The highest BCUT2D eigenvalue weighted by molar-refractivity contribution is 5.73. The molecule has 0 saturated carbocycles. The van der Waals surface area contributed by atoms with E-state index in [4.69, 9.17) is 10.2 Å². The minimum Gasteiger partial charge on any atom is -0.508 e. The highest BCUT2D eigenvalue weighted by atomic mass is 16.3. The summed E-state index contributed by atoms with van der Waals surface area (Å²) in [6.45, 7) is 0. The highest BCUT2D eigenvalue weighted by Crippen LogP contribution is 2.31. The van der Waals surface area contributed by atoms with E-state index in [9.17, 15) is 0 Å². The molecule has 130 valence electrons. The molecule has 26 heavy (non-hydrogen) atoms. The zero-order chi connectivity index (χ0) is 17.9. The summed E-state index contributed by atoms with van der Waals surface area (Å²) in [4.78, 5) is 0. The lowest BCUT2D eigenvalue weighted by atomic mass is 9.83. The molecule has 0 aliphatic heterocycles. The summed E-state index contributed by atoms with van der Waals surface area (Å²) >= 11 is 0. The molecule has 2 aliphatic rings. The number of phenolic OH excluding ortho intramolecular Hbond substituents is 2. The van der Waals surface area contributed by atoms with Gasteiger partial charge in [-0.3, -0.25) is 0 Å². The van der Waals surface area contributed by atoms with Crippen LogP contribution in [0.5, 0.6) is 11.5 Å². The van der Waals surface area contributed by atoms with Gasteiger partial charge in [0.2, 0.25) is 0 Å². The Morgan fingerprint density at radius 2 is 1.42 bits per heavy atom. The number of hydrogen-bond donors (Lipinski definition) is 2. The van der Waals surface area contributed by atoms with E-state index in [-0.39, 0.29) is 11.5 Å². The van der Waals surface area contributed by atoms with Crippen LogP contribution in [0.3, 0.4) is 0 Å². The molecule has 2 heteroatoms. The number of fused-ring (bicyclic) bond motifs is 5. The van der Waals surface area contributed by atoms with Crippen molar-refractivity contribution in [2.24, 2.45) is 0 Å². The SMILES string of the molecule is C1=c2ccc3c(c2=CCC1)CCc1ccccc1-3.Oc1cccc(O)c1. The van der Waals surface area contributed by atoms with Crippen molar-refractivity contribution in [3.8, 4) is 22.6 Å². The molecule has 0 fully saturated rings. The van der Waals surface area contributed by atoms with Crippen LogP contribution in [0.2, 0.25) is 0 Å². The number of benzene rings is 3. The molecule has 2 nitrogen and oxygen atoms in total. The number of phenols is 2. The fourth-order valence-electron chi connectivity index (χ4n) is 3.84. The molecule has 0 atom stereocenters. The van der Waals surface area contributed by atoms with E-state index in [0.29, 0.717) is 0 Å². The average Bonchev–Trinajstić information content (AvgIpc) is 2.68. The molecule has 0 amide bonds. The van der Waals surface area contributed by atoms with Crippen LogP contribution in [0.1, 0.15) is 24.0 Å². The summed E-state index contributed by atoms with van der Waals surface area (Å²) < 4.78 is 0. The second-order valence-electron chi connectivity index (χ2n) is 6.76. The number of aromatic hydroxyl groups is 2. The van der Waals surface area contributed by atoms with E-state index < -0.39 is 0 Å². The number of aryl methyl sites for hydroxylation is 1. The van der Waals surface area contributed by atoms with Gasteiger partial charge < -0.3 is 10.2 Å². The Hall–Kier alpha value is -3.00. The van der Waals surface area contributed by atoms with Crippen molar-refractivity contribution in [2.75, 3.05) is 0 Å². The van der Waals surface area contributed by atoms with E-state index in [0.717, 1.165) is 0 Å². The van der Waals surface area contributed by atoms with Crippen LogP contribution in [0.15, 0.2) is 60.7 Å². The van der Waals surface area contributed by atoms with E-state index in [1.165, 1.54) is 71.0 Å². The molecular formula is C24H22O2. The van der Waals surface area contributed by atoms with Crippen molar-refractivity contribution in [1.29, 1.82) is 0 Å². The molecule has 2 aliphatic carbocycles. The minimum atomic E-state index is 0.0880. The predicted molar refractivity (Wildman–Crippen MR) is 106 cm³/mol. The first kappa shape index (κ1) is 16.5. The maximum atomic E-state index is 8.65. The van der Waals surface area contributed by atoms with Crippen molar-refractivity contribution in [3.63, 3.8) is 0 Å². The Morgan fingerprint density at radius 1 is 0.654 bits per heavy atom. The number of rotatable bonds is 0. The Balaban J connectivity index is 0.000000178. The second-order valence-corrected chi connectivity index (χ2v) is 6.76. The fourth-order valence-corrected chi connectivity index (χ4v) is 3.84. The maximum Gasteiger partial charge on any atom is 0.119 e. The highest BCUT2D eigenvalue weighted by Gasteiger charge is 2.16. The summed E-state index contributed by atoms with van der Waals surface area (Å²) in [5.41, 5.74) is 5.98. The zero-order valence-corrected chi connectivity index (χ0v) is 14.7. The van der Waals surface area contributed by atoms with E-state index in [1.807, 2.05) is 0 Å². The largest absolute Gasteiger partial charge is 0.508 e. The van der Waals surface area contributed by atoms with Crippen molar-refractivity contribution >= 4 is 12.2 Å². The van der Waals surface area contributed by atoms with Crippen molar-refractivity contribution in [3.05, 3.63) is 82.2 Å². The van der Waals surface area contributed by atoms with Gasteiger partial charge in [0.05, 0.1) is 0 Å². The van der Waals surface area contributed by atoms with E-state index >= 15 is 0 Å². The Morgan fingerprint density at radius 3 is 2.19 bits per heavy atom. The van der Waals surface area contributed by atoms with Gasteiger partial charge in [0.1, 0.15) is 11.5 Å². The van der Waals surface area contributed by atoms with Crippen molar-refractivity contribution in [2.45, 2.75) is 25.7 Å². The fraction of sp³-hybridized carbons (Fsp3) is 0.167. The third-order valence-corrected chi connectivity index (χ3v) is 5.05. The third-order valence-electron chi connectivity index (χ3n) is 5.05. The molecule has 0 saturated heterocycles. The first-order valence-electron chi connectivity index (χ1n) is 9.11. The summed E-state index contributed by atoms with van der Waals surface area (Å²) in [6, 6.07) is 19.3. The van der Waals surface area contributed by atoms with Crippen LogP contribution in [-0.2, 0) is 12.8 Å². The first-order chi connectivity index (χ1) is 12.7. The lowest BCUT2D eigenvalue weighted by Crippen LogP contribution is -2.32. The Labute approximate surface area is 153 Å². The quantitative estimate of drug-likeness (QED) is 0.650. The molecule has 0 bridgehead atoms. The van der Waals surface area contributed by atoms with E-state index in [1.54, 1.807) is 11.6 Å². The van der Waals surface area contributed by atoms with Gasteiger partial charge in [-0.1, -0.05) is 54.6 Å². The topological polar surface area (TPSA) is 40.5 Å². The van der Waals surface area contributed by atoms with Gasteiger partial charge in [-0.05, 0) is 70.5 Å². The molecule has 0 unspecified atom stereocenters. The lowest BCUT2D eigenvalue weighted by Gasteiger charge is -2.21. The van der Waals surface area contributed by atoms with Crippen LogP contribution in [0, 0.1) is 0 Å². The van der Waals surface area contributed by atoms with Crippen LogP contribution in [0.25, 0.3) is 23.3 Å². The molecular weight excluding hydrogens is 320 g/mol. The maximum absolute atomic E-state index is 8.65. The molecule has 5 rings (SSSR count). The van der Waals surface area contributed by atoms with Crippen molar-refractivity contribution in [1.82, 2.24) is 0 Å². The Kier molecular flexibility index (Phi) is 4.49. The normalized spacial score (nSPS) is 13.7. The second kappa shape index (κ2) is 7.09. The summed E-state index contributed by atoms with van der Waals surface area (Å²) in [5, 5.41) is 20.3. The molecule has 0 heterocycles. The van der Waals surface area contributed by atoms with E-state index in [2.05, 4.69) is 48.6 Å². The summed E-state index contributed by atoms with van der Waals surface area (Å²) in [5.74, 6) is 0.176. The summed E-state index contributed by atoms with van der Waals surface area (Å²) in [6.07, 6.45) is 9.60. The van der Waals surface area contributed by atoms with Gasteiger partial charge in [0, 0.05) is 6.07 Å². The lowest BCUT2D eigenvalue weighted by molar-refractivity contribution is 0.450. The van der Waals surface area contributed by atoms with Crippen LogP contribution < -0.4 is 10.4 Å². The molecule has 0 radical (unpaired) electrons. The third kappa shape index (κ3) is 3.23. The molecule has 3 aromatic carbocycles. The molecule has 0 aromatic heterocycles. The molecule has 2 N–H and O–H groups in total. The van der Waals surface area contributed by atoms with Gasteiger partial charge >= 0.3 is 0 Å². The van der Waals surface area contributed by atoms with Gasteiger partial charge in [-0.15, -0.1) is 0 Å². The van der Waals surface area contributed by atoms with Gasteiger partial charge in [0.15, 0.2) is 0 Å². The van der Waals surface area contributed by atoms with Crippen LogP contribution in [0.4, 0.5) is 0 Å². The van der Waals surface area contributed by atoms with Crippen LogP contribution in [-0.4, -0.2) is 10.2 Å². The minimum absolute atomic E-state index is 0.0880. The standard InChI is InChI=1S/C18H16.C6H6O2/c1-3-7-15-13(5-1)9-11-18-16-8-4-2-6-14(16)10-12-17(15)18;7-5-2-1-3-6(8)4-5/h1,3,5-8,10,12H,2,4,9,11H2;1-4,7-8H. The van der Waals surface area contributed by atoms with Gasteiger partial charge in [-0.25, -0.2) is 0 Å². The number of hydrogen-bond acceptors (Lipinski definition) is 2. The monoisotopic (exact) mass is 342 g/mol. The van der Waals surface area contributed by atoms with Gasteiger partial charge in [0.25, 0.3) is 0 Å². The molecule has 3 aromatic rings. The van der Waals surface area contributed by atoms with Crippen molar-refractivity contribution < 1.29 is 10.2 Å². The average molecular weight is 342 g/mol. The van der Waals surface area contributed by atoms with Crippen LogP contribution >= 0.6 is 0 Å². The zero-order valence-electron chi connectivity index (χ0n) is 14.7. The first-order valence-corrected chi connectivity index (χ1v) is 9.11. The predicted octanol–water partition coefficient (Wildman–Crippen LogP) is 3.90. The smallest absolute Gasteiger partial charge is 0.119 e. The summed E-state index contributed by atoms with van der Waals surface area (Å²) in [7, 11) is 0.